The van der Waals surface area contributed by atoms with Crippen LogP contribution >= 0.6 is 0 Å². The molecule has 4 aromatic rings. The number of piperazine rings is 1. The number of anilines is 4. The van der Waals surface area contributed by atoms with Crippen LogP contribution in [-0.2, 0) is 11.3 Å². The van der Waals surface area contributed by atoms with Gasteiger partial charge in [0.2, 0.25) is 5.91 Å². The molecular weight excluding hydrogens is 530 g/mol. The van der Waals surface area contributed by atoms with Crippen LogP contribution in [0.1, 0.15) is 6.92 Å². The Balaban J connectivity index is 1.40. The Morgan fingerprint density at radius 2 is 1.93 bits per heavy atom. The molecule has 1 aliphatic heterocycles. The molecule has 1 saturated heterocycles. The predicted molar refractivity (Wildman–Crippen MR) is 169 cm³/mol. The van der Waals surface area contributed by atoms with Crippen LogP contribution in [0.3, 0.4) is 0 Å². The third-order valence-corrected chi connectivity index (χ3v) is 7.69. The van der Waals surface area contributed by atoms with Crippen molar-refractivity contribution in [2.75, 3.05) is 76.0 Å². The zero-order valence-electron chi connectivity index (χ0n) is 24.8. The van der Waals surface area contributed by atoms with Crippen molar-refractivity contribution in [1.82, 2.24) is 29.5 Å². The Hall–Kier alpha value is -4.48. The monoisotopic (exact) mass is 569 g/mol. The first-order chi connectivity index (χ1) is 20.4. The Labute approximate surface area is 246 Å². The van der Waals surface area contributed by atoms with Crippen LogP contribution in [0.4, 0.5) is 22.9 Å². The molecule has 0 bridgehead atoms. The normalized spacial score (nSPS) is 14.1. The summed E-state index contributed by atoms with van der Waals surface area (Å²) in [4.78, 5) is 28.3. The second-order valence-electron chi connectivity index (χ2n) is 10.5. The molecular formula is C31H39N9O2. The molecule has 42 heavy (non-hydrogen) atoms. The van der Waals surface area contributed by atoms with Gasteiger partial charge < -0.3 is 25.2 Å². The lowest BCUT2D eigenvalue weighted by Gasteiger charge is -2.34. The molecule has 5 rings (SSSR count). The third-order valence-electron chi connectivity index (χ3n) is 7.69. The Bertz CT molecular complexity index is 1560. The standard InChI is InChI=1S/C31H39N9O2/c1-6-31(41)36-25-17-26(29(42-5)19-28(25)38(4)12-15-39-13-10-37(3)11-14-39)35-30-18-24(32-21-33-30)22-8-9-27-23(16-22)20-34-40(27)7-2/h6,8-9,16-21H,1,7,10-15H2,2-5H3,(H,36,41)(H,32,33,35). The first kappa shape index (κ1) is 29.0. The SMILES string of the molecule is C=CC(=O)Nc1cc(Nc2cc(-c3ccc4c(cnn4CC)c3)ncn2)c(OC)cc1N(C)CCN1CCN(C)CC1. The number of nitrogens with zero attached hydrogens (tertiary/aromatic N) is 7. The lowest BCUT2D eigenvalue weighted by molar-refractivity contribution is -0.111. The minimum atomic E-state index is -0.286. The summed E-state index contributed by atoms with van der Waals surface area (Å²) in [6.45, 7) is 12.5. The van der Waals surface area contributed by atoms with Crippen molar-refractivity contribution in [3.8, 4) is 17.0 Å². The third kappa shape index (κ3) is 6.53. The molecule has 0 spiro atoms. The molecule has 220 valence electrons. The number of aromatic nitrogens is 4. The van der Waals surface area contributed by atoms with Gasteiger partial charge in [-0.3, -0.25) is 14.4 Å². The van der Waals surface area contributed by atoms with E-state index in [9.17, 15) is 4.79 Å². The average Bonchev–Trinajstić information content (AvgIpc) is 3.43. The first-order valence-electron chi connectivity index (χ1n) is 14.2. The van der Waals surface area contributed by atoms with E-state index < -0.39 is 0 Å². The van der Waals surface area contributed by atoms with Crippen molar-refractivity contribution in [3.05, 3.63) is 61.6 Å². The highest BCUT2D eigenvalue weighted by Crippen LogP contribution is 2.38. The molecule has 0 radical (unpaired) electrons. The molecule has 2 aromatic carbocycles. The Morgan fingerprint density at radius 1 is 1.12 bits per heavy atom. The zero-order chi connectivity index (χ0) is 29.6. The number of ether oxygens (including phenoxy) is 1. The van der Waals surface area contributed by atoms with Crippen molar-refractivity contribution >= 4 is 39.7 Å². The van der Waals surface area contributed by atoms with Gasteiger partial charge in [0.1, 0.15) is 17.9 Å². The number of aryl methyl sites for hydroxylation is 1. The van der Waals surface area contributed by atoms with Crippen molar-refractivity contribution in [2.24, 2.45) is 0 Å². The molecule has 11 heteroatoms. The number of rotatable bonds is 11. The van der Waals surface area contributed by atoms with Gasteiger partial charge in [0.25, 0.3) is 0 Å². The van der Waals surface area contributed by atoms with Gasteiger partial charge in [-0.25, -0.2) is 9.97 Å². The molecule has 1 aliphatic rings. The molecule has 2 aromatic heterocycles. The first-order valence-corrected chi connectivity index (χ1v) is 14.2. The average molecular weight is 570 g/mol. The Morgan fingerprint density at radius 3 is 2.67 bits per heavy atom. The number of methoxy groups -OCH3 is 1. The lowest BCUT2D eigenvalue weighted by Crippen LogP contribution is -2.46. The highest BCUT2D eigenvalue weighted by molar-refractivity contribution is 6.02. The van der Waals surface area contributed by atoms with Gasteiger partial charge in [0.15, 0.2) is 0 Å². The summed E-state index contributed by atoms with van der Waals surface area (Å²) >= 11 is 0. The molecule has 0 saturated carbocycles. The van der Waals surface area contributed by atoms with Crippen LogP contribution in [0, 0.1) is 0 Å². The van der Waals surface area contributed by atoms with Crippen molar-refractivity contribution < 1.29 is 9.53 Å². The second kappa shape index (κ2) is 13.0. The topological polar surface area (TPSA) is 104 Å². The largest absolute Gasteiger partial charge is 0.494 e. The zero-order valence-corrected chi connectivity index (χ0v) is 24.8. The molecule has 3 heterocycles. The number of carbonyl (C=O) groups excluding carboxylic acids is 1. The van der Waals surface area contributed by atoms with Crippen LogP contribution in [0.25, 0.3) is 22.2 Å². The quantitative estimate of drug-likeness (QED) is 0.259. The number of benzene rings is 2. The molecule has 1 amide bonds. The van der Waals surface area contributed by atoms with E-state index in [2.05, 4.69) is 73.1 Å². The predicted octanol–water partition coefficient (Wildman–Crippen LogP) is 4.07. The summed E-state index contributed by atoms with van der Waals surface area (Å²) in [7, 11) is 5.82. The van der Waals surface area contributed by atoms with E-state index in [-0.39, 0.29) is 5.91 Å². The maximum Gasteiger partial charge on any atom is 0.247 e. The summed E-state index contributed by atoms with van der Waals surface area (Å²) in [6, 6.07) is 11.9. The number of nitrogens with one attached hydrogen (secondary N) is 2. The summed E-state index contributed by atoms with van der Waals surface area (Å²) in [6.07, 6.45) is 4.67. The van der Waals surface area contributed by atoms with Crippen molar-refractivity contribution in [2.45, 2.75) is 13.5 Å². The molecule has 0 atom stereocenters. The number of carbonyl (C=O) groups is 1. The van der Waals surface area contributed by atoms with Gasteiger partial charge in [-0.2, -0.15) is 5.10 Å². The smallest absolute Gasteiger partial charge is 0.247 e. The van der Waals surface area contributed by atoms with Gasteiger partial charge in [0, 0.05) is 75.9 Å². The summed E-state index contributed by atoms with van der Waals surface area (Å²) in [5, 5.41) is 11.8. The lowest BCUT2D eigenvalue weighted by atomic mass is 10.1. The maximum atomic E-state index is 12.4. The molecule has 2 N–H and O–H groups in total. The van der Waals surface area contributed by atoms with Crippen molar-refractivity contribution in [3.63, 3.8) is 0 Å². The number of fused-ring (bicyclic) bond motifs is 1. The number of likely N-dealkylation sites (N-methyl/N-ethyl adjacent to an activating group) is 2. The Kier molecular flexibility index (Phi) is 8.99. The minimum absolute atomic E-state index is 0.286. The van der Waals surface area contributed by atoms with Gasteiger partial charge in [-0.1, -0.05) is 12.6 Å². The summed E-state index contributed by atoms with van der Waals surface area (Å²) in [5.41, 5.74) is 4.99. The van der Waals surface area contributed by atoms with E-state index in [1.54, 1.807) is 7.11 Å². The summed E-state index contributed by atoms with van der Waals surface area (Å²) in [5.74, 6) is 0.937. The fourth-order valence-electron chi connectivity index (χ4n) is 5.14. The fourth-order valence-corrected chi connectivity index (χ4v) is 5.14. The molecule has 11 nitrogen and oxygen atoms in total. The fraction of sp³-hybridized carbons (Fsp3) is 0.355. The van der Waals surface area contributed by atoms with E-state index >= 15 is 0 Å². The molecule has 0 unspecified atom stereocenters. The summed E-state index contributed by atoms with van der Waals surface area (Å²) < 4.78 is 7.75. The van der Waals surface area contributed by atoms with Crippen LogP contribution in [0.5, 0.6) is 5.75 Å². The van der Waals surface area contributed by atoms with Gasteiger partial charge in [-0.15, -0.1) is 0 Å². The van der Waals surface area contributed by atoms with Gasteiger partial charge in [0.05, 0.1) is 41.6 Å². The number of amides is 1. The molecule has 0 aliphatic carbocycles. The highest BCUT2D eigenvalue weighted by atomic mass is 16.5. The van der Waals surface area contributed by atoms with Crippen molar-refractivity contribution in [1.29, 1.82) is 0 Å². The van der Waals surface area contributed by atoms with E-state index in [1.807, 2.05) is 42.2 Å². The van der Waals surface area contributed by atoms with E-state index in [0.717, 1.165) is 73.7 Å². The van der Waals surface area contributed by atoms with Crippen LogP contribution in [0.15, 0.2) is 61.6 Å². The van der Waals surface area contributed by atoms with Crippen LogP contribution in [-0.4, -0.2) is 95.9 Å². The molecule has 1 fully saturated rings. The van der Waals surface area contributed by atoms with Crippen LogP contribution < -0.4 is 20.3 Å². The van der Waals surface area contributed by atoms with E-state index in [0.29, 0.717) is 22.9 Å². The maximum absolute atomic E-state index is 12.4. The number of hydrogen-bond acceptors (Lipinski definition) is 9. The van der Waals surface area contributed by atoms with E-state index in [1.165, 1.54) is 12.4 Å². The number of hydrogen-bond donors (Lipinski definition) is 2. The highest BCUT2D eigenvalue weighted by Gasteiger charge is 2.19. The van der Waals surface area contributed by atoms with Gasteiger partial charge in [-0.05, 0) is 38.2 Å². The minimum Gasteiger partial charge on any atom is -0.494 e. The van der Waals surface area contributed by atoms with Gasteiger partial charge >= 0.3 is 0 Å². The van der Waals surface area contributed by atoms with E-state index in [4.69, 9.17) is 4.74 Å². The second-order valence-corrected chi connectivity index (χ2v) is 10.5. The van der Waals surface area contributed by atoms with Crippen LogP contribution in [0.2, 0.25) is 0 Å².